The first kappa shape index (κ1) is 24.8. The van der Waals surface area contributed by atoms with Crippen LogP contribution in [0.2, 0.25) is 0 Å². The lowest BCUT2D eigenvalue weighted by Gasteiger charge is -2.18. The van der Waals surface area contributed by atoms with Gasteiger partial charge in [0.25, 0.3) is 11.2 Å². The molecule has 2 aromatic carbocycles. The average molecular weight is 490 g/mol. The third-order valence-electron chi connectivity index (χ3n) is 4.86. The zero-order valence-electron chi connectivity index (χ0n) is 19.2. The summed E-state index contributed by atoms with van der Waals surface area (Å²) in [7, 11) is 4.27. The van der Waals surface area contributed by atoms with Gasteiger partial charge in [-0.15, -0.1) is 0 Å². The standard InChI is InChI=1S/C22H23N3O8S/c1-6-33-21(27)12(2)34-22-23-17-15(11-16(30-3)18(31-4)19(17)32-5)20(26)24(22)13-7-9-14(10-8-13)25(28)29/h7-12H,6H2,1-5H3. The molecular formula is C22H23N3O8S. The lowest BCUT2D eigenvalue weighted by molar-refractivity contribution is -0.384. The zero-order valence-corrected chi connectivity index (χ0v) is 20.0. The Morgan fingerprint density at radius 1 is 1.15 bits per heavy atom. The minimum absolute atomic E-state index is 0.132. The second kappa shape index (κ2) is 10.4. The number of rotatable bonds is 9. The molecule has 0 radical (unpaired) electrons. The number of methoxy groups -OCH3 is 3. The number of nitro benzene ring substituents is 1. The highest BCUT2D eigenvalue weighted by Gasteiger charge is 2.25. The highest BCUT2D eigenvalue weighted by Crippen LogP contribution is 2.42. The molecule has 1 atom stereocenters. The molecule has 0 aliphatic carbocycles. The molecule has 1 heterocycles. The number of esters is 1. The van der Waals surface area contributed by atoms with E-state index in [1.165, 1.54) is 56.2 Å². The summed E-state index contributed by atoms with van der Waals surface area (Å²) in [6.45, 7) is 3.53. The van der Waals surface area contributed by atoms with Crippen molar-refractivity contribution in [3.8, 4) is 22.9 Å². The van der Waals surface area contributed by atoms with Crippen LogP contribution >= 0.6 is 11.8 Å². The monoisotopic (exact) mass is 489 g/mol. The number of ether oxygens (including phenoxy) is 4. The summed E-state index contributed by atoms with van der Waals surface area (Å²) >= 11 is 1.01. The largest absolute Gasteiger partial charge is 0.493 e. The van der Waals surface area contributed by atoms with Crippen LogP contribution in [0, 0.1) is 10.1 Å². The molecule has 0 bridgehead atoms. The van der Waals surface area contributed by atoms with Crippen molar-refractivity contribution < 1.29 is 28.7 Å². The zero-order chi connectivity index (χ0) is 25.0. The molecule has 0 fully saturated rings. The Morgan fingerprint density at radius 2 is 1.79 bits per heavy atom. The smallest absolute Gasteiger partial charge is 0.319 e. The molecule has 0 spiro atoms. The lowest BCUT2D eigenvalue weighted by Crippen LogP contribution is -2.24. The molecule has 1 unspecified atom stereocenters. The number of thioether (sulfide) groups is 1. The number of nitro groups is 1. The molecule has 3 rings (SSSR count). The van der Waals surface area contributed by atoms with E-state index in [-0.39, 0.29) is 45.6 Å². The maximum absolute atomic E-state index is 13.7. The maximum atomic E-state index is 13.7. The van der Waals surface area contributed by atoms with E-state index < -0.39 is 21.7 Å². The van der Waals surface area contributed by atoms with Crippen molar-refractivity contribution >= 4 is 34.3 Å². The number of carbonyl (C=O) groups excluding carboxylic acids is 1. The molecule has 34 heavy (non-hydrogen) atoms. The van der Waals surface area contributed by atoms with E-state index in [0.29, 0.717) is 5.69 Å². The first-order chi connectivity index (χ1) is 16.3. The molecule has 0 N–H and O–H groups in total. The van der Waals surface area contributed by atoms with Crippen LogP contribution in [-0.2, 0) is 9.53 Å². The topological polar surface area (TPSA) is 132 Å². The average Bonchev–Trinajstić information content (AvgIpc) is 2.83. The van der Waals surface area contributed by atoms with Crippen LogP contribution in [0.4, 0.5) is 5.69 Å². The molecule has 0 aliphatic rings. The van der Waals surface area contributed by atoms with Crippen LogP contribution in [0.25, 0.3) is 16.6 Å². The molecule has 0 aliphatic heterocycles. The first-order valence-electron chi connectivity index (χ1n) is 10.1. The summed E-state index contributed by atoms with van der Waals surface area (Å²) in [4.78, 5) is 41.1. The van der Waals surface area contributed by atoms with E-state index in [2.05, 4.69) is 4.98 Å². The SMILES string of the molecule is CCOC(=O)C(C)Sc1nc2c(OC)c(OC)c(OC)cc2c(=O)n1-c1ccc([N+](=O)[O-])cc1. The second-order valence-corrected chi connectivity index (χ2v) is 8.17. The van der Waals surface area contributed by atoms with E-state index in [1.54, 1.807) is 13.8 Å². The van der Waals surface area contributed by atoms with Crippen molar-refractivity contribution in [2.45, 2.75) is 24.3 Å². The number of nitrogens with zero attached hydrogens (tertiary/aromatic N) is 3. The van der Waals surface area contributed by atoms with E-state index in [4.69, 9.17) is 18.9 Å². The number of aromatic nitrogens is 2. The van der Waals surface area contributed by atoms with Crippen LogP contribution in [0.5, 0.6) is 17.2 Å². The van der Waals surface area contributed by atoms with Crippen molar-refractivity contribution in [1.29, 1.82) is 0 Å². The summed E-state index contributed by atoms with van der Waals surface area (Å²) in [5.41, 5.74) is -0.0800. The fourth-order valence-electron chi connectivity index (χ4n) is 3.26. The second-order valence-electron chi connectivity index (χ2n) is 6.86. The van der Waals surface area contributed by atoms with E-state index in [1.807, 2.05) is 0 Å². The minimum Gasteiger partial charge on any atom is -0.493 e. The van der Waals surface area contributed by atoms with Gasteiger partial charge in [-0.1, -0.05) is 11.8 Å². The van der Waals surface area contributed by atoms with Crippen LogP contribution in [0.3, 0.4) is 0 Å². The number of fused-ring (bicyclic) bond motifs is 1. The molecule has 3 aromatic rings. The molecule has 11 nitrogen and oxygen atoms in total. The predicted octanol–water partition coefficient (Wildman–Crippen LogP) is 3.36. The summed E-state index contributed by atoms with van der Waals surface area (Å²) in [6.07, 6.45) is 0. The van der Waals surface area contributed by atoms with Crippen LogP contribution in [0.1, 0.15) is 13.8 Å². The van der Waals surface area contributed by atoms with Gasteiger partial charge in [-0.25, -0.2) is 4.98 Å². The first-order valence-corrected chi connectivity index (χ1v) is 11.0. The summed E-state index contributed by atoms with van der Waals surface area (Å²) in [5.74, 6) is 0.236. The minimum atomic E-state index is -0.695. The number of hydrogen-bond donors (Lipinski definition) is 0. The summed E-state index contributed by atoms with van der Waals surface area (Å²) in [6, 6.07) is 6.92. The highest BCUT2D eigenvalue weighted by molar-refractivity contribution is 8.00. The van der Waals surface area contributed by atoms with Gasteiger partial charge in [0.05, 0.1) is 43.9 Å². The van der Waals surface area contributed by atoms with Gasteiger partial charge in [-0.05, 0) is 32.0 Å². The molecule has 0 saturated heterocycles. The maximum Gasteiger partial charge on any atom is 0.319 e. The summed E-state index contributed by atoms with van der Waals surface area (Å²) in [5, 5.41) is 10.7. The predicted molar refractivity (Wildman–Crippen MR) is 126 cm³/mol. The molecule has 12 heteroatoms. The van der Waals surface area contributed by atoms with Crippen LogP contribution in [-0.4, -0.2) is 53.6 Å². The Labute approximate surface area is 198 Å². The van der Waals surface area contributed by atoms with Gasteiger partial charge in [-0.3, -0.25) is 24.3 Å². The van der Waals surface area contributed by atoms with Gasteiger partial charge >= 0.3 is 5.97 Å². The van der Waals surface area contributed by atoms with Crippen LogP contribution in [0.15, 0.2) is 40.3 Å². The number of carbonyl (C=O) groups is 1. The van der Waals surface area contributed by atoms with Crippen LogP contribution < -0.4 is 19.8 Å². The van der Waals surface area contributed by atoms with Gasteiger partial charge in [0.2, 0.25) is 5.75 Å². The van der Waals surface area contributed by atoms with Gasteiger partial charge in [0, 0.05) is 12.1 Å². The van der Waals surface area contributed by atoms with Crippen molar-refractivity contribution in [3.05, 3.63) is 50.8 Å². The molecule has 180 valence electrons. The fourth-order valence-corrected chi connectivity index (χ4v) is 4.18. The lowest BCUT2D eigenvalue weighted by atomic mass is 10.2. The quantitative estimate of drug-likeness (QED) is 0.145. The fraction of sp³-hybridized carbons (Fsp3) is 0.318. The number of non-ortho nitro benzene ring substituents is 1. The van der Waals surface area contributed by atoms with Crippen molar-refractivity contribution in [2.75, 3.05) is 27.9 Å². The third-order valence-corrected chi connectivity index (χ3v) is 5.89. The summed E-state index contributed by atoms with van der Waals surface area (Å²) < 4.78 is 22.6. The highest BCUT2D eigenvalue weighted by atomic mass is 32.2. The van der Waals surface area contributed by atoms with Crippen molar-refractivity contribution in [2.24, 2.45) is 0 Å². The van der Waals surface area contributed by atoms with Gasteiger partial charge in [0.15, 0.2) is 16.7 Å². The Morgan fingerprint density at radius 3 is 2.32 bits per heavy atom. The van der Waals surface area contributed by atoms with Crippen molar-refractivity contribution in [3.63, 3.8) is 0 Å². The Kier molecular flexibility index (Phi) is 7.61. The van der Waals surface area contributed by atoms with E-state index in [9.17, 15) is 19.7 Å². The van der Waals surface area contributed by atoms with Crippen molar-refractivity contribution in [1.82, 2.24) is 9.55 Å². The molecule has 0 amide bonds. The van der Waals surface area contributed by atoms with Gasteiger partial charge < -0.3 is 18.9 Å². The van der Waals surface area contributed by atoms with Gasteiger partial charge in [-0.2, -0.15) is 0 Å². The number of benzene rings is 2. The Bertz CT molecular complexity index is 1290. The van der Waals surface area contributed by atoms with E-state index >= 15 is 0 Å². The Hall–Kier alpha value is -3.80. The third kappa shape index (κ3) is 4.62. The number of hydrogen-bond acceptors (Lipinski definition) is 10. The van der Waals surface area contributed by atoms with E-state index in [0.717, 1.165) is 11.8 Å². The molecular weight excluding hydrogens is 466 g/mol. The molecule has 1 aromatic heterocycles. The van der Waals surface area contributed by atoms with Gasteiger partial charge in [0.1, 0.15) is 10.8 Å². The Balaban J connectivity index is 2.34. The molecule has 0 saturated carbocycles. The normalized spacial score (nSPS) is 11.7.